The van der Waals surface area contributed by atoms with E-state index in [9.17, 15) is 22.8 Å². The van der Waals surface area contributed by atoms with Crippen LogP contribution in [0.2, 0.25) is 0 Å². The lowest BCUT2D eigenvalue weighted by molar-refractivity contribution is -0.137. The molecule has 1 aliphatic heterocycles. The first-order chi connectivity index (χ1) is 9.72. The van der Waals surface area contributed by atoms with Gasteiger partial charge in [0.05, 0.1) is 12.0 Å². The normalized spacial score (nSPS) is 19.1. The summed E-state index contributed by atoms with van der Waals surface area (Å²) in [5, 5.41) is 8.28. The van der Waals surface area contributed by atoms with Crippen LogP contribution >= 0.6 is 0 Å². The van der Waals surface area contributed by atoms with Gasteiger partial charge in [-0.05, 0) is 12.1 Å². The topological polar surface area (TPSA) is 134 Å². The van der Waals surface area contributed by atoms with Crippen molar-refractivity contribution in [3.63, 3.8) is 0 Å². The fourth-order valence-corrected chi connectivity index (χ4v) is 2.88. The van der Waals surface area contributed by atoms with Gasteiger partial charge in [-0.2, -0.15) is 4.72 Å². The van der Waals surface area contributed by atoms with Crippen LogP contribution in [0.1, 0.15) is 16.8 Å². The summed E-state index contributed by atoms with van der Waals surface area (Å²) in [6.07, 6.45) is 0.631. The van der Waals surface area contributed by atoms with E-state index in [0.717, 1.165) is 23.2 Å². The Labute approximate surface area is 119 Å². The number of nitrogens with one attached hydrogen (secondary N) is 1. The van der Waals surface area contributed by atoms with E-state index in [1.165, 1.54) is 7.05 Å². The molecule has 9 nitrogen and oxygen atoms in total. The number of likely N-dealkylation sites (N-methyl/N-ethyl adjacent to an activating group) is 1. The average molecular weight is 313 g/mol. The lowest BCUT2D eigenvalue weighted by atomic mass is 10.3. The number of carboxylic acids is 1. The van der Waals surface area contributed by atoms with E-state index in [4.69, 9.17) is 5.11 Å². The van der Waals surface area contributed by atoms with Crippen molar-refractivity contribution in [2.24, 2.45) is 0 Å². The molecular weight excluding hydrogens is 302 g/mol. The van der Waals surface area contributed by atoms with Crippen LogP contribution in [0.4, 0.5) is 0 Å². The quantitative estimate of drug-likeness (QED) is 0.668. The molecule has 1 fully saturated rings. The zero-order chi connectivity index (χ0) is 15.8. The zero-order valence-electron chi connectivity index (χ0n) is 10.8. The number of carbonyl (C=O) groups is 3. The van der Waals surface area contributed by atoms with Gasteiger partial charge in [0.25, 0.3) is 10.0 Å². The van der Waals surface area contributed by atoms with Crippen molar-refractivity contribution < 1.29 is 27.9 Å². The second kappa shape index (κ2) is 5.22. The third-order valence-corrected chi connectivity index (χ3v) is 4.32. The molecular formula is C11H11N3O6S. The van der Waals surface area contributed by atoms with Crippen LogP contribution in [0.5, 0.6) is 0 Å². The third-order valence-electron chi connectivity index (χ3n) is 2.94. The predicted molar refractivity (Wildman–Crippen MR) is 67.7 cm³/mol. The molecule has 2 heterocycles. The number of imide groups is 1. The summed E-state index contributed by atoms with van der Waals surface area (Å²) in [7, 11) is -2.86. The molecule has 112 valence electrons. The predicted octanol–water partition coefficient (Wildman–Crippen LogP) is -1.18. The van der Waals surface area contributed by atoms with Crippen molar-refractivity contribution in [1.29, 1.82) is 0 Å². The number of rotatable bonds is 4. The number of amides is 2. The average Bonchev–Trinajstić information content (AvgIpc) is 2.66. The van der Waals surface area contributed by atoms with E-state index in [1.54, 1.807) is 0 Å². The summed E-state index contributed by atoms with van der Waals surface area (Å²) in [4.78, 5) is 38.0. The van der Waals surface area contributed by atoms with E-state index in [0.29, 0.717) is 0 Å². The first-order valence-corrected chi connectivity index (χ1v) is 7.23. The zero-order valence-corrected chi connectivity index (χ0v) is 11.6. The highest BCUT2D eigenvalue weighted by molar-refractivity contribution is 7.89. The molecule has 1 saturated heterocycles. The number of carbonyl (C=O) groups excluding carboxylic acids is 2. The molecule has 0 radical (unpaired) electrons. The molecule has 1 aromatic rings. The van der Waals surface area contributed by atoms with Crippen molar-refractivity contribution >= 4 is 27.8 Å². The van der Waals surface area contributed by atoms with Crippen LogP contribution in [0, 0.1) is 0 Å². The number of pyridine rings is 1. The smallest absolute Gasteiger partial charge is 0.337 e. The molecule has 10 heteroatoms. The highest BCUT2D eigenvalue weighted by atomic mass is 32.2. The van der Waals surface area contributed by atoms with Crippen molar-refractivity contribution in [2.75, 3.05) is 7.05 Å². The van der Waals surface area contributed by atoms with Gasteiger partial charge in [0, 0.05) is 13.2 Å². The van der Waals surface area contributed by atoms with E-state index in [1.807, 2.05) is 0 Å². The van der Waals surface area contributed by atoms with Crippen LogP contribution in [-0.2, 0) is 19.6 Å². The maximum atomic E-state index is 12.0. The molecule has 2 N–H and O–H groups in total. The van der Waals surface area contributed by atoms with E-state index < -0.39 is 38.9 Å². The highest BCUT2D eigenvalue weighted by Gasteiger charge is 2.38. The second-order valence-corrected chi connectivity index (χ2v) is 6.02. The Hall–Kier alpha value is -2.33. The van der Waals surface area contributed by atoms with E-state index in [-0.39, 0.29) is 12.0 Å². The number of hydrogen-bond donors (Lipinski definition) is 2. The molecule has 1 atom stereocenters. The van der Waals surface area contributed by atoms with Crippen LogP contribution in [0.15, 0.2) is 23.4 Å². The molecule has 0 aliphatic carbocycles. The van der Waals surface area contributed by atoms with Gasteiger partial charge in [0.2, 0.25) is 11.8 Å². The van der Waals surface area contributed by atoms with Gasteiger partial charge in [0.15, 0.2) is 5.03 Å². The van der Waals surface area contributed by atoms with Crippen molar-refractivity contribution in [1.82, 2.24) is 14.6 Å². The van der Waals surface area contributed by atoms with Crippen LogP contribution in [0.3, 0.4) is 0 Å². The molecule has 1 aromatic heterocycles. The van der Waals surface area contributed by atoms with Crippen molar-refractivity contribution in [3.8, 4) is 0 Å². The number of aromatic carboxylic acids is 1. The Bertz CT molecular complexity index is 712. The van der Waals surface area contributed by atoms with Gasteiger partial charge in [-0.25, -0.2) is 18.2 Å². The van der Waals surface area contributed by atoms with Gasteiger partial charge < -0.3 is 5.11 Å². The van der Waals surface area contributed by atoms with Gasteiger partial charge in [0.1, 0.15) is 6.04 Å². The maximum Gasteiger partial charge on any atom is 0.337 e. The lowest BCUT2D eigenvalue weighted by Gasteiger charge is -2.11. The van der Waals surface area contributed by atoms with Gasteiger partial charge >= 0.3 is 5.97 Å². The number of aromatic nitrogens is 1. The molecule has 2 amide bonds. The molecule has 0 bridgehead atoms. The standard InChI is InChI=1S/C11H11N3O6S/c1-14-9(15)4-7(10(14)16)13-21(19,20)8-3-2-6(5-12-8)11(17)18/h2-3,5,7,13H,4H2,1H3,(H,17,18). The Kier molecular flexibility index (Phi) is 3.75. The SMILES string of the molecule is CN1C(=O)CC(NS(=O)(=O)c2ccc(C(=O)O)cn2)C1=O. The summed E-state index contributed by atoms with van der Waals surface area (Å²) in [6, 6.07) is 0.919. The van der Waals surface area contributed by atoms with Crippen LogP contribution in [-0.4, -0.2) is 54.3 Å². The molecule has 0 aromatic carbocycles. The first-order valence-electron chi connectivity index (χ1n) is 5.74. The number of hydrogen-bond acceptors (Lipinski definition) is 6. The minimum absolute atomic E-state index is 0.166. The minimum atomic E-state index is -4.12. The fourth-order valence-electron chi connectivity index (χ4n) is 1.76. The Morgan fingerprint density at radius 1 is 1.43 bits per heavy atom. The fraction of sp³-hybridized carbons (Fsp3) is 0.273. The summed E-state index contributed by atoms with van der Waals surface area (Å²) in [5.74, 6) is -2.37. The van der Waals surface area contributed by atoms with E-state index in [2.05, 4.69) is 9.71 Å². The molecule has 21 heavy (non-hydrogen) atoms. The number of likely N-dealkylation sites (tertiary alicyclic amines) is 1. The number of sulfonamides is 1. The monoisotopic (exact) mass is 313 g/mol. The molecule has 1 aliphatic rings. The molecule has 2 rings (SSSR count). The molecule has 1 unspecified atom stereocenters. The molecule has 0 spiro atoms. The van der Waals surface area contributed by atoms with E-state index >= 15 is 0 Å². The molecule has 0 saturated carbocycles. The number of carboxylic acid groups (broad SMARTS) is 1. The minimum Gasteiger partial charge on any atom is -0.478 e. The summed E-state index contributed by atoms with van der Waals surface area (Å²) in [6.45, 7) is 0. The van der Waals surface area contributed by atoms with Gasteiger partial charge in [-0.15, -0.1) is 0 Å². The van der Waals surface area contributed by atoms with Gasteiger partial charge in [-0.3, -0.25) is 14.5 Å². The summed E-state index contributed by atoms with van der Waals surface area (Å²) >= 11 is 0. The maximum absolute atomic E-state index is 12.0. The largest absolute Gasteiger partial charge is 0.478 e. The first kappa shape index (κ1) is 15.1. The summed E-state index contributed by atoms with van der Waals surface area (Å²) in [5.41, 5.74) is -0.166. The second-order valence-electron chi connectivity index (χ2n) is 4.36. The Balaban J connectivity index is 2.21. The lowest BCUT2D eigenvalue weighted by Crippen LogP contribution is -2.40. The Morgan fingerprint density at radius 3 is 2.52 bits per heavy atom. The third kappa shape index (κ3) is 2.90. The summed E-state index contributed by atoms with van der Waals surface area (Å²) < 4.78 is 26.1. The van der Waals surface area contributed by atoms with Crippen molar-refractivity contribution in [2.45, 2.75) is 17.5 Å². The van der Waals surface area contributed by atoms with Crippen molar-refractivity contribution in [3.05, 3.63) is 23.9 Å². The highest BCUT2D eigenvalue weighted by Crippen LogP contribution is 2.14. The van der Waals surface area contributed by atoms with Crippen LogP contribution < -0.4 is 4.72 Å². The van der Waals surface area contributed by atoms with Gasteiger partial charge in [-0.1, -0.05) is 0 Å². The Morgan fingerprint density at radius 2 is 2.10 bits per heavy atom. The van der Waals surface area contributed by atoms with Crippen LogP contribution in [0.25, 0.3) is 0 Å². The number of nitrogens with zero attached hydrogens (tertiary/aromatic N) is 2.